The molecule has 0 aromatic carbocycles. The molecule has 1 aliphatic carbocycles. The number of amides is 1. The molecule has 0 aliphatic heterocycles. The molecule has 4 heteroatoms. The van der Waals surface area contributed by atoms with Crippen LogP contribution in [-0.4, -0.2) is 16.6 Å². The number of rotatable bonds is 2. The third kappa shape index (κ3) is 2.94. The molecule has 0 unspecified atom stereocenters. The zero-order valence-corrected chi connectivity index (χ0v) is 10.9. The van der Waals surface area contributed by atoms with Crippen LogP contribution in [0, 0.1) is 11.8 Å². The van der Waals surface area contributed by atoms with Crippen LogP contribution in [-0.2, 0) is 0 Å². The summed E-state index contributed by atoms with van der Waals surface area (Å²) < 4.78 is 0. The van der Waals surface area contributed by atoms with Crippen LogP contribution in [0.2, 0.25) is 0 Å². The molecule has 1 fully saturated rings. The van der Waals surface area contributed by atoms with E-state index in [9.17, 15) is 4.79 Å². The Bertz CT molecular complexity index is 430. The van der Waals surface area contributed by atoms with Gasteiger partial charge in [0.25, 0.3) is 5.91 Å². The van der Waals surface area contributed by atoms with E-state index in [1.165, 1.54) is 6.42 Å². The number of pyridine rings is 1. The topological polar surface area (TPSA) is 54.4 Å². The van der Waals surface area contributed by atoms with Gasteiger partial charge in [-0.05, 0) is 36.8 Å². The molecular formula is C14H19N3O. The van der Waals surface area contributed by atoms with E-state index in [1.54, 1.807) is 24.5 Å². The molecule has 4 nitrogen and oxygen atoms in total. The lowest BCUT2D eigenvalue weighted by atomic mass is 9.81. The summed E-state index contributed by atoms with van der Waals surface area (Å²) in [5, 5.41) is 4.32. The van der Waals surface area contributed by atoms with Crippen LogP contribution in [0.5, 0.6) is 0 Å². The maximum absolute atomic E-state index is 11.9. The maximum atomic E-state index is 11.9. The van der Waals surface area contributed by atoms with Crippen LogP contribution >= 0.6 is 0 Å². The Morgan fingerprint density at radius 2 is 1.89 bits per heavy atom. The summed E-state index contributed by atoms with van der Waals surface area (Å²) in [6.07, 6.45) is 6.78. The molecule has 18 heavy (non-hydrogen) atoms. The third-order valence-electron chi connectivity index (χ3n) is 3.51. The van der Waals surface area contributed by atoms with E-state index in [1.807, 2.05) is 0 Å². The summed E-state index contributed by atoms with van der Waals surface area (Å²) >= 11 is 0. The van der Waals surface area contributed by atoms with E-state index >= 15 is 0 Å². The predicted molar refractivity (Wildman–Crippen MR) is 71.3 cm³/mol. The Balaban J connectivity index is 2.03. The average Bonchev–Trinajstić information content (AvgIpc) is 2.39. The normalized spacial score (nSPS) is 23.6. The number of nitrogens with one attached hydrogen (secondary N) is 1. The highest BCUT2D eigenvalue weighted by Crippen LogP contribution is 2.25. The van der Waals surface area contributed by atoms with Gasteiger partial charge >= 0.3 is 0 Å². The van der Waals surface area contributed by atoms with Crippen molar-refractivity contribution < 1.29 is 4.79 Å². The lowest BCUT2D eigenvalue weighted by Crippen LogP contribution is -2.29. The molecule has 1 saturated carbocycles. The van der Waals surface area contributed by atoms with E-state index in [2.05, 4.69) is 29.4 Å². The molecule has 0 saturated heterocycles. The fourth-order valence-corrected chi connectivity index (χ4v) is 2.42. The first-order chi connectivity index (χ1) is 8.68. The Morgan fingerprint density at radius 1 is 1.28 bits per heavy atom. The van der Waals surface area contributed by atoms with Gasteiger partial charge < -0.3 is 0 Å². The van der Waals surface area contributed by atoms with Crippen molar-refractivity contribution in [1.82, 2.24) is 10.4 Å². The highest BCUT2D eigenvalue weighted by atomic mass is 16.2. The van der Waals surface area contributed by atoms with Crippen LogP contribution in [0.3, 0.4) is 0 Å². The highest BCUT2D eigenvalue weighted by molar-refractivity contribution is 5.96. The number of aromatic nitrogens is 1. The van der Waals surface area contributed by atoms with Gasteiger partial charge in [-0.1, -0.05) is 20.3 Å². The second-order valence-corrected chi connectivity index (χ2v) is 4.95. The zero-order valence-electron chi connectivity index (χ0n) is 10.9. The summed E-state index contributed by atoms with van der Waals surface area (Å²) in [5.74, 6) is 0.757. The Morgan fingerprint density at radius 3 is 2.50 bits per heavy atom. The highest BCUT2D eigenvalue weighted by Gasteiger charge is 2.23. The number of hydrogen-bond donors (Lipinski definition) is 1. The van der Waals surface area contributed by atoms with E-state index in [4.69, 9.17) is 0 Å². The molecule has 1 N–H and O–H groups in total. The van der Waals surface area contributed by atoms with Gasteiger partial charge in [0.05, 0.1) is 0 Å². The van der Waals surface area contributed by atoms with Crippen LogP contribution in [0.15, 0.2) is 29.6 Å². The van der Waals surface area contributed by atoms with Gasteiger partial charge in [0.2, 0.25) is 0 Å². The Labute approximate surface area is 108 Å². The third-order valence-corrected chi connectivity index (χ3v) is 3.51. The molecule has 1 aromatic heterocycles. The fraction of sp³-hybridized carbons (Fsp3) is 0.500. The smallest absolute Gasteiger partial charge is 0.267 e. The van der Waals surface area contributed by atoms with Crippen LogP contribution in [0.25, 0.3) is 0 Å². The first-order valence-corrected chi connectivity index (χ1v) is 6.46. The van der Waals surface area contributed by atoms with E-state index in [-0.39, 0.29) is 5.91 Å². The minimum atomic E-state index is -0.171. The molecule has 1 aliphatic rings. The molecule has 2 atom stereocenters. The zero-order chi connectivity index (χ0) is 13.0. The van der Waals surface area contributed by atoms with Gasteiger partial charge in [-0.25, -0.2) is 5.43 Å². The van der Waals surface area contributed by atoms with Crippen molar-refractivity contribution in [3.8, 4) is 0 Å². The number of hydrazone groups is 1. The van der Waals surface area contributed by atoms with Crippen molar-refractivity contribution in [1.29, 1.82) is 0 Å². The largest absolute Gasteiger partial charge is 0.271 e. The first kappa shape index (κ1) is 12.7. The standard InChI is InChI=1S/C14H19N3O/c1-10-4-3-5-11(2)13(10)16-17-14(18)12-6-8-15-9-7-12/h6-11H,3-5H2,1-2H3,(H,17,18)/t10-,11-/m0/s1. The van der Waals surface area contributed by atoms with Crippen molar-refractivity contribution in [2.75, 3.05) is 0 Å². The predicted octanol–water partition coefficient (Wildman–Crippen LogP) is 2.62. The van der Waals surface area contributed by atoms with Gasteiger partial charge in [0.15, 0.2) is 0 Å². The summed E-state index contributed by atoms with van der Waals surface area (Å²) in [6, 6.07) is 3.37. The van der Waals surface area contributed by atoms with Crippen LogP contribution < -0.4 is 5.43 Å². The van der Waals surface area contributed by atoms with Gasteiger partial charge in [-0.3, -0.25) is 9.78 Å². The Hall–Kier alpha value is -1.71. The van der Waals surface area contributed by atoms with Gasteiger partial charge in [-0.15, -0.1) is 0 Å². The number of hydrogen-bond acceptors (Lipinski definition) is 3. The van der Waals surface area contributed by atoms with Gasteiger partial charge in [0.1, 0.15) is 0 Å². The SMILES string of the molecule is C[C@H]1CCC[C@H](C)C1=NNC(=O)c1ccncc1. The van der Waals surface area contributed by atoms with Crippen molar-refractivity contribution in [2.45, 2.75) is 33.1 Å². The fourth-order valence-electron chi connectivity index (χ4n) is 2.42. The first-order valence-electron chi connectivity index (χ1n) is 6.46. The maximum Gasteiger partial charge on any atom is 0.271 e. The quantitative estimate of drug-likeness (QED) is 0.814. The molecule has 1 heterocycles. The molecule has 2 rings (SSSR count). The summed E-state index contributed by atoms with van der Waals surface area (Å²) in [5.41, 5.74) is 4.35. The Kier molecular flexibility index (Phi) is 4.07. The van der Waals surface area contributed by atoms with Gasteiger partial charge in [0, 0.05) is 23.7 Å². The van der Waals surface area contributed by atoms with Crippen molar-refractivity contribution in [3.05, 3.63) is 30.1 Å². The summed E-state index contributed by atoms with van der Waals surface area (Å²) in [6.45, 7) is 4.35. The number of nitrogens with zero attached hydrogens (tertiary/aromatic N) is 2. The lowest BCUT2D eigenvalue weighted by Gasteiger charge is -2.26. The lowest BCUT2D eigenvalue weighted by molar-refractivity contribution is 0.0954. The molecule has 0 bridgehead atoms. The van der Waals surface area contributed by atoms with Crippen LogP contribution in [0.1, 0.15) is 43.5 Å². The monoisotopic (exact) mass is 245 g/mol. The van der Waals surface area contributed by atoms with E-state index in [0.717, 1.165) is 18.6 Å². The van der Waals surface area contributed by atoms with E-state index in [0.29, 0.717) is 17.4 Å². The van der Waals surface area contributed by atoms with Crippen molar-refractivity contribution in [3.63, 3.8) is 0 Å². The second kappa shape index (κ2) is 5.76. The van der Waals surface area contributed by atoms with E-state index < -0.39 is 0 Å². The van der Waals surface area contributed by atoms with Crippen LogP contribution in [0.4, 0.5) is 0 Å². The van der Waals surface area contributed by atoms with Crippen molar-refractivity contribution in [2.24, 2.45) is 16.9 Å². The molecule has 1 aromatic rings. The van der Waals surface area contributed by atoms with Crippen molar-refractivity contribution >= 4 is 11.6 Å². The molecule has 1 amide bonds. The summed E-state index contributed by atoms with van der Waals surface area (Å²) in [7, 11) is 0. The molecule has 0 radical (unpaired) electrons. The second-order valence-electron chi connectivity index (χ2n) is 4.95. The number of carbonyl (C=O) groups is 1. The summed E-state index contributed by atoms with van der Waals surface area (Å²) in [4.78, 5) is 15.7. The average molecular weight is 245 g/mol. The molecule has 0 spiro atoms. The minimum absolute atomic E-state index is 0.171. The van der Waals surface area contributed by atoms with Gasteiger partial charge in [-0.2, -0.15) is 5.10 Å². The molecular weight excluding hydrogens is 226 g/mol. The molecule has 96 valence electrons. The number of carbonyl (C=O) groups excluding carboxylic acids is 1. The minimum Gasteiger partial charge on any atom is -0.267 e.